The van der Waals surface area contributed by atoms with Gasteiger partial charge in [0.25, 0.3) is 0 Å². The van der Waals surface area contributed by atoms with E-state index in [9.17, 15) is 0 Å². The van der Waals surface area contributed by atoms with Crippen molar-refractivity contribution in [3.05, 3.63) is 0 Å². The Morgan fingerprint density at radius 1 is 0.875 bits per heavy atom. The largest absolute Gasteiger partial charge is 0.123 e. The minimum atomic E-state index is 0.494. The van der Waals surface area contributed by atoms with Gasteiger partial charge in [-0.05, 0) is 25.2 Å². The first-order valence-electron chi connectivity index (χ1n) is 7.48. The van der Waals surface area contributed by atoms with Gasteiger partial charge in [0.2, 0.25) is 0 Å². The van der Waals surface area contributed by atoms with E-state index in [1.165, 1.54) is 77.0 Å². The number of halogens is 1. The van der Waals surface area contributed by atoms with Crippen LogP contribution in [0.2, 0.25) is 0 Å². The quantitative estimate of drug-likeness (QED) is 0.367. The van der Waals surface area contributed by atoms with Crippen molar-refractivity contribution in [1.29, 1.82) is 0 Å². The van der Waals surface area contributed by atoms with Crippen LogP contribution in [0.5, 0.6) is 0 Å². The van der Waals surface area contributed by atoms with Crippen LogP contribution in [0.25, 0.3) is 0 Å². The van der Waals surface area contributed by atoms with Gasteiger partial charge in [0.15, 0.2) is 0 Å². The predicted molar refractivity (Wildman–Crippen MR) is 74.2 cm³/mol. The Morgan fingerprint density at radius 2 is 1.50 bits per heavy atom. The summed E-state index contributed by atoms with van der Waals surface area (Å²) in [6.07, 6.45) is 16.8. The van der Waals surface area contributed by atoms with Crippen molar-refractivity contribution in [2.75, 3.05) is 0 Å². The monoisotopic (exact) mass is 244 g/mol. The molecule has 0 heterocycles. The van der Waals surface area contributed by atoms with Crippen LogP contribution in [0.1, 0.15) is 84.0 Å². The minimum absolute atomic E-state index is 0.494. The van der Waals surface area contributed by atoms with Gasteiger partial charge in [-0.1, -0.05) is 64.7 Å². The fraction of sp³-hybridized carbons (Fsp3) is 1.00. The number of alkyl halides is 1. The van der Waals surface area contributed by atoms with Crippen LogP contribution in [0.3, 0.4) is 0 Å². The van der Waals surface area contributed by atoms with E-state index in [4.69, 9.17) is 11.6 Å². The summed E-state index contributed by atoms with van der Waals surface area (Å²) in [6.45, 7) is 2.28. The lowest BCUT2D eigenvalue weighted by atomic mass is 9.85. The summed E-state index contributed by atoms with van der Waals surface area (Å²) in [5.74, 6) is 0.839. The van der Waals surface area contributed by atoms with Crippen LogP contribution in [0.15, 0.2) is 0 Å². The smallest absolute Gasteiger partial charge is 0.0364 e. The molecular weight excluding hydrogens is 216 g/mol. The Hall–Kier alpha value is 0.290. The SMILES string of the molecule is CCCCCCCCCC1CCCCC1Cl. The molecule has 0 aliphatic heterocycles. The molecule has 0 aromatic rings. The molecule has 0 amide bonds. The van der Waals surface area contributed by atoms with Gasteiger partial charge in [0.1, 0.15) is 0 Å². The molecule has 1 saturated carbocycles. The Kier molecular flexibility index (Phi) is 8.37. The topological polar surface area (TPSA) is 0 Å². The molecule has 2 unspecified atom stereocenters. The molecule has 0 N–H and O–H groups in total. The number of rotatable bonds is 8. The zero-order valence-corrected chi connectivity index (χ0v) is 11.8. The Labute approximate surface area is 107 Å². The third kappa shape index (κ3) is 6.13. The van der Waals surface area contributed by atoms with Gasteiger partial charge in [-0.2, -0.15) is 0 Å². The molecular formula is C15H29Cl. The van der Waals surface area contributed by atoms with Crippen molar-refractivity contribution in [2.24, 2.45) is 5.92 Å². The standard InChI is InChI=1S/C15H29Cl/c1-2-3-4-5-6-7-8-11-14-12-9-10-13-15(14)16/h14-15H,2-13H2,1H3. The molecule has 1 aliphatic carbocycles. The average molecular weight is 245 g/mol. The molecule has 1 aliphatic rings. The molecule has 0 spiro atoms. The summed E-state index contributed by atoms with van der Waals surface area (Å²) < 4.78 is 0. The fourth-order valence-electron chi connectivity index (χ4n) is 2.85. The lowest BCUT2D eigenvalue weighted by Crippen LogP contribution is -2.19. The minimum Gasteiger partial charge on any atom is -0.123 e. The Balaban J connectivity index is 1.90. The maximum Gasteiger partial charge on any atom is 0.0364 e. The normalized spacial score (nSPS) is 25.9. The van der Waals surface area contributed by atoms with Gasteiger partial charge in [0.05, 0.1) is 0 Å². The van der Waals surface area contributed by atoms with Crippen LogP contribution in [0, 0.1) is 5.92 Å². The van der Waals surface area contributed by atoms with Crippen LogP contribution in [-0.2, 0) is 0 Å². The summed E-state index contributed by atoms with van der Waals surface area (Å²) in [5.41, 5.74) is 0. The van der Waals surface area contributed by atoms with Gasteiger partial charge in [-0.25, -0.2) is 0 Å². The predicted octanol–water partition coefficient (Wildman–Crippen LogP) is 5.92. The highest BCUT2D eigenvalue weighted by Gasteiger charge is 2.22. The number of hydrogen-bond acceptors (Lipinski definition) is 0. The second-order valence-electron chi connectivity index (χ2n) is 5.47. The lowest BCUT2D eigenvalue weighted by molar-refractivity contribution is 0.334. The summed E-state index contributed by atoms with van der Waals surface area (Å²) in [4.78, 5) is 0. The summed E-state index contributed by atoms with van der Waals surface area (Å²) in [6, 6.07) is 0. The van der Waals surface area contributed by atoms with E-state index in [0.717, 1.165) is 5.92 Å². The highest BCUT2D eigenvalue weighted by molar-refractivity contribution is 6.20. The van der Waals surface area contributed by atoms with Gasteiger partial charge < -0.3 is 0 Å². The van der Waals surface area contributed by atoms with E-state index < -0.39 is 0 Å². The lowest BCUT2D eigenvalue weighted by Gasteiger charge is -2.26. The molecule has 1 fully saturated rings. The molecule has 0 aromatic carbocycles. The van der Waals surface area contributed by atoms with Gasteiger partial charge in [-0.3, -0.25) is 0 Å². The summed E-state index contributed by atoms with van der Waals surface area (Å²) in [7, 11) is 0. The third-order valence-corrected chi connectivity index (χ3v) is 4.57. The zero-order chi connectivity index (χ0) is 11.6. The molecule has 0 aromatic heterocycles. The third-order valence-electron chi connectivity index (χ3n) is 3.99. The molecule has 0 bridgehead atoms. The molecule has 1 heteroatoms. The summed E-state index contributed by atoms with van der Waals surface area (Å²) >= 11 is 6.36. The van der Waals surface area contributed by atoms with Crippen molar-refractivity contribution >= 4 is 11.6 Å². The Bertz CT molecular complexity index is 156. The van der Waals surface area contributed by atoms with Crippen molar-refractivity contribution in [1.82, 2.24) is 0 Å². The van der Waals surface area contributed by atoms with Crippen molar-refractivity contribution < 1.29 is 0 Å². The number of hydrogen-bond donors (Lipinski definition) is 0. The van der Waals surface area contributed by atoms with E-state index in [1.807, 2.05) is 0 Å². The van der Waals surface area contributed by atoms with Crippen LogP contribution in [-0.4, -0.2) is 5.38 Å². The first kappa shape index (κ1) is 14.4. The van der Waals surface area contributed by atoms with E-state index >= 15 is 0 Å². The first-order chi connectivity index (χ1) is 7.84. The molecule has 0 nitrogen and oxygen atoms in total. The maximum absolute atomic E-state index is 6.36. The molecule has 0 saturated heterocycles. The summed E-state index contributed by atoms with van der Waals surface area (Å²) in [5, 5.41) is 0.494. The van der Waals surface area contributed by atoms with Crippen LogP contribution < -0.4 is 0 Å². The molecule has 0 radical (unpaired) electrons. The highest BCUT2D eigenvalue weighted by atomic mass is 35.5. The second-order valence-corrected chi connectivity index (χ2v) is 6.03. The van der Waals surface area contributed by atoms with E-state index in [-0.39, 0.29) is 0 Å². The van der Waals surface area contributed by atoms with Gasteiger partial charge in [-0.15, -0.1) is 11.6 Å². The van der Waals surface area contributed by atoms with E-state index in [1.54, 1.807) is 0 Å². The maximum atomic E-state index is 6.36. The second kappa shape index (κ2) is 9.33. The molecule has 16 heavy (non-hydrogen) atoms. The van der Waals surface area contributed by atoms with E-state index in [0.29, 0.717) is 5.38 Å². The molecule has 96 valence electrons. The van der Waals surface area contributed by atoms with Crippen molar-refractivity contribution in [3.63, 3.8) is 0 Å². The van der Waals surface area contributed by atoms with Crippen LogP contribution >= 0.6 is 11.6 Å². The average Bonchev–Trinajstić information content (AvgIpc) is 2.30. The van der Waals surface area contributed by atoms with Crippen LogP contribution in [0.4, 0.5) is 0 Å². The van der Waals surface area contributed by atoms with Crippen molar-refractivity contribution in [2.45, 2.75) is 89.4 Å². The highest BCUT2D eigenvalue weighted by Crippen LogP contribution is 2.32. The van der Waals surface area contributed by atoms with Crippen molar-refractivity contribution in [3.8, 4) is 0 Å². The first-order valence-corrected chi connectivity index (χ1v) is 7.92. The molecule has 2 atom stereocenters. The Morgan fingerprint density at radius 3 is 2.19 bits per heavy atom. The van der Waals surface area contributed by atoms with Gasteiger partial charge in [0, 0.05) is 5.38 Å². The molecule has 1 rings (SSSR count). The van der Waals surface area contributed by atoms with Gasteiger partial charge >= 0.3 is 0 Å². The van der Waals surface area contributed by atoms with E-state index in [2.05, 4.69) is 6.92 Å². The fourth-order valence-corrected chi connectivity index (χ4v) is 3.26. The number of unbranched alkanes of at least 4 members (excludes halogenated alkanes) is 6. The zero-order valence-electron chi connectivity index (χ0n) is 11.0.